The monoisotopic (exact) mass is 414 g/mol. The van der Waals surface area contributed by atoms with Crippen LogP contribution in [-0.4, -0.2) is 20.9 Å². The lowest BCUT2D eigenvalue weighted by Crippen LogP contribution is -2.11. The van der Waals surface area contributed by atoms with Crippen LogP contribution in [0, 0.1) is 0 Å². The fourth-order valence-electron chi connectivity index (χ4n) is 3.06. The summed E-state index contributed by atoms with van der Waals surface area (Å²) in [5.74, 6) is -0.232. The van der Waals surface area contributed by atoms with Gasteiger partial charge in [0, 0.05) is 35.9 Å². The second-order valence-electron chi connectivity index (χ2n) is 7.96. The molecule has 0 radical (unpaired) electrons. The van der Waals surface area contributed by atoms with Gasteiger partial charge in [-0.15, -0.1) is 0 Å². The molecule has 150 valence electrons. The average molecular weight is 415 g/mol. The van der Waals surface area contributed by atoms with E-state index in [2.05, 4.69) is 60.3 Å². The van der Waals surface area contributed by atoms with E-state index in [4.69, 9.17) is 4.98 Å². The molecule has 4 rings (SSSR count). The van der Waals surface area contributed by atoms with Gasteiger partial charge in [0.05, 0.1) is 16.1 Å². The van der Waals surface area contributed by atoms with Crippen LogP contribution in [-0.2, 0) is 5.41 Å². The molecule has 0 bridgehead atoms. The Kier molecular flexibility index (Phi) is 5.42. The number of hydrogen-bond acceptors (Lipinski definition) is 5. The minimum atomic E-state index is -0.232. The molecule has 0 aliphatic rings. The molecule has 30 heavy (non-hydrogen) atoms. The van der Waals surface area contributed by atoms with Gasteiger partial charge < -0.3 is 0 Å². The molecule has 3 aromatic heterocycles. The molecule has 0 fully saturated rings. The van der Waals surface area contributed by atoms with E-state index < -0.39 is 0 Å². The van der Waals surface area contributed by atoms with Gasteiger partial charge in [-0.25, -0.2) is 4.98 Å². The first-order valence-electron chi connectivity index (χ1n) is 9.65. The predicted molar refractivity (Wildman–Crippen MR) is 122 cm³/mol. The van der Waals surface area contributed by atoms with Crippen molar-refractivity contribution in [2.75, 3.05) is 5.32 Å². The standard InChI is InChI=1S/C24H22N4OS/c1-24(2,3)19-10-8-16(9-11-19)20-21(17-6-4-12-25-14-17)30-23(27-20)28-22(29)18-7-5-13-26-15-18/h4-15H,1-3H3,(H,27,28,29). The number of aromatic nitrogens is 3. The summed E-state index contributed by atoms with van der Waals surface area (Å²) >= 11 is 1.44. The van der Waals surface area contributed by atoms with Crippen LogP contribution in [0.4, 0.5) is 5.13 Å². The molecule has 4 aromatic rings. The summed E-state index contributed by atoms with van der Waals surface area (Å²) in [6.07, 6.45) is 6.73. The maximum absolute atomic E-state index is 12.6. The number of nitrogens with one attached hydrogen (secondary N) is 1. The van der Waals surface area contributed by atoms with Gasteiger partial charge in [0.1, 0.15) is 0 Å². The molecule has 5 nitrogen and oxygen atoms in total. The van der Waals surface area contributed by atoms with Gasteiger partial charge in [-0.1, -0.05) is 62.4 Å². The van der Waals surface area contributed by atoms with Gasteiger partial charge in [0.25, 0.3) is 5.91 Å². The highest BCUT2D eigenvalue weighted by Gasteiger charge is 2.19. The van der Waals surface area contributed by atoms with Gasteiger partial charge >= 0.3 is 0 Å². The number of rotatable bonds is 4. The van der Waals surface area contributed by atoms with Gasteiger partial charge in [-0.3, -0.25) is 20.1 Å². The van der Waals surface area contributed by atoms with E-state index in [1.807, 2.05) is 18.3 Å². The van der Waals surface area contributed by atoms with E-state index in [1.54, 1.807) is 24.5 Å². The molecule has 6 heteroatoms. The van der Waals surface area contributed by atoms with Crippen LogP contribution in [0.25, 0.3) is 21.7 Å². The van der Waals surface area contributed by atoms with E-state index in [9.17, 15) is 4.79 Å². The van der Waals surface area contributed by atoms with Crippen LogP contribution < -0.4 is 5.32 Å². The number of carbonyl (C=O) groups is 1. The third kappa shape index (κ3) is 4.28. The van der Waals surface area contributed by atoms with Gasteiger partial charge in [-0.2, -0.15) is 0 Å². The summed E-state index contributed by atoms with van der Waals surface area (Å²) in [5, 5.41) is 3.44. The second-order valence-corrected chi connectivity index (χ2v) is 8.96. The van der Waals surface area contributed by atoms with Crippen molar-refractivity contribution in [2.24, 2.45) is 0 Å². The summed E-state index contributed by atoms with van der Waals surface area (Å²) in [5.41, 5.74) is 4.62. The number of pyridine rings is 2. The van der Waals surface area contributed by atoms with Crippen molar-refractivity contribution >= 4 is 22.4 Å². The van der Waals surface area contributed by atoms with Crippen molar-refractivity contribution in [3.8, 4) is 21.7 Å². The molecule has 0 spiro atoms. The van der Waals surface area contributed by atoms with Crippen LogP contribution >= 0.6 is 11.3 Å². The Morgan fingerprint density at radius 3 is 2.20 bits per heavy atom. The Balaban J connectivity index is 1.72. The Bertz CT molecular complexity index is 1150. The van der Waals surface area contributed by atoms with Crippen LogP contribution in [0.1, 0.15) is 36.7 Å². The van der Waals surface area contributed by atoms with E-state index in [0.29, 0.717) is 10.7 Å². The highest BCUT2D eigenvalue weighted by molar-refractivity contribution is 7.19. The Morgan fingerprint density at radius 2 is 1.60 bits per heavy atom. The lowest BCUT2D eigenvalue weighted by molar-refractivity contribution is 0.102. The van der Waals surface area contributed by atoms with Crippen molar-refractivity contribution in [1.29, 1.82) is 0 Å². The molecule has 0 saturated carbocycles. The molecule has 0 aliphatic carbocycles. The maximum Gasteiger partial charge on any atom is 0.259 e. The van der Waals surface area contributed by atoms with Crippen molar-refractivity contribution in [3.05, 3.63) is 84.4 Å². The van der Waals surface area contributed by atoms with Gasteiger partial charge in [0.2, 0.25) is 0 Å². The van der Waals surface area contributed by atoms with E-state index in [1.165, 1.54) is 23.1 Å². The summed E-state index contributed by atoms with van der Waals surface area (Å²) < 4.78 is 0. The quantitative estimate of drug-likeness (QED) is 0.457. The minimum Gasteiger partial charge on any atom is -0.298 e. The van der Waals surface area contributed by atoms with E-state index in [0.717, 1.165) is 21.7 Å². The molecule has 0 aliphatic heterocycles. The number of benzene rings is 1. The highest BCUT2D eigenvalue weighted by atomic mass is 32.1. The number of anilines is 1. The lowest BCUT2D eigenvalue weighted by Gasteiger charge is -2.19. The lowest BCUT2D eigenvalue weighted by atomic mass is 9.86. The predicted octanol–water partition coefficient (Wildman–Crippen LogP) is 5.82. The summed E-state index contributed by atoms with van der Waals surface area (Å²) in [6, 6.07) is 15.8. The summed E-state index contributed by atoms with van der Waals surface area (Å²) in [4.78, 5) is 26.5. The number of amides is 1. The average Bonchev–Trinajstić information content (AvgIpc) is 3.18. The first-order chi connectivity index (χ1) is 14.4. The van der Waals surface area contributed by atoms with Crippen molar-refractivity contribution < 1.29 is 4.79 Å². The minimum absolute atomic E-state index is 0.0790. The molecule has 0 saturated heterocycles. The molecule has 3 heterocycles. The highest BCUT2D eigenvalue weighted by Crippen LogP contribution is 2.39. The zero-order valence-corrected chi connectivity index (χ0v) is 17.9. The number of hydrogen-bond donors (Lipinski definition) is 1. The SMILES string of the molecule is CC(C)(C)c1ccc(-c2nc(NC(=O)c3cccnc3)sc2-c2cccnc2)cc1. The van der Waals surface area contributed by atoms with E-state index in [-0.39, 0.29) is 11.3 Å². The molecule has 0 unspecified atom stereocenters. The molecule has 0 atom stereocenters. The third-order valence-corrected chi connectivity index (χ3v) is 5.74. The smallest absolute Gasteiger partial charge is 0.259 e. The topological polar surface area (TPSA) is 67.8 Å². The first-order valence-corrected chi connectivity index (χ1v) is 10.5. The van der Waals surface area contributed by atoms with Crippen LogP contribution in [0.5, 0.6) is 0 Å². The van der Waals surface area contributed by atoms with Gasteiger partial charge in [-0.05, 0) is 29.2 Å². The normalized spacial score (nSPS) is 11.3. The maximum atomic E-state index is 12.6. The summed E-state index contributed by atoms with van der Waals surface area (Å²) in [6.45, 7) is 6.58. The Hall–Kier alpha value is -3.38. The molecule has 1 aromatic carbocycles. The van der Waals surface area contributed by atoms with Crippen molar-refractivity contribution in [2.45, 2.75) is 26.2 Å². The number of nitrogens with zero attached hydrogens (tertiary/aromatic N) is 3. The summed E-state index contributed by atoms with van der Waals surface area (Å²) in [7, 11) is 0. The number of thiazole rings is 1. The second kappa shape index (κ2) is 8.16. The zero-order valence-electron chi connectivity index (χ0n) is 17.1. The fourth-order valence-corrected chi connectivity index (χ4v) is 4.03. The molecule has 1 N–H and O–H groups in total. The van der Waals surface area contributed by atoms with E-state index >= 15 is 0 Å². The van der Waals surface area contributed by atoms with Crippen LogP contribution in [0.2, 0.25) is 0 Å². The molecular formula is C24H22N4OS. The van der Waals surface area contributed by atoms with Crippen LogP contribution in [0.15, 0.2) is 73.3 Å². The molecule has 1 amide bonds. The molecular weight excluding hydrogens is 392 g/mol. The zero-order chi connectivity index (χ0) is 21.1. The third-order valence-electron chi connectivity index (χ3n) is 4.72. The van der Waals surface area contributed by atoms with Gasteiger partial charge in [0.15, 0.2) is 5.13 Å². The van der Waals surface area contributed by atoms with Crippen molar-refractivity contribution in [3.63, 3.8) is 0 Å². The first kappa shape index (κ1) is 19.9. The van der Waals surface area contributed by atoms with Crippen LogP contribution in [0.3, 0.4) is 0 Å². The number of carbonyl (C=O) groups excluding carboxylic acids is 1. The Morgan fingerprint density at radius 1 is 0.900 bits per heavy atom. The fraction of sp³-hybridized carbons (Fsp3) is 0.167. The largest absolute Gasteiger partial charge is 0.298 e. The Labute approximate surface area is 179 Å². The van der Waals surface area contributed by atoms with Crippen molar-refractivity contribution in [1.82, 2.24) is 15.0 Å².